The number of halogens is 1. The molecule has 0 amide bonds. The molecule has 0 fully saturated rings. The van der Waals surface area contributed by atoms with Crippen molar-refractivity contribution in [1.82, 2.24) is 0 Å². The van der Waals surface area contributed by atoms with E-state index in [0.29, 0.717) is 11.6 Å². The van der Waals surface area contributed by atoms with Gasteiger partial charge in [0.15, 0.2) is 0 Å². The second-order valence-electron chi connectivity index (χ2n) is 5.34. The van der Waals surface area contributed by atoms with Crippen molar-refractivity contribution in [3.63, 3.8) is 0 Å². The van der Waals surface area contributed by atoms with Gasteiger partial charge in [0.2, 0.25) is 0 Å². The summed E-state index contributed by atoms with van der Waals surface area (Å²) in [6.45, 7) is 0.423. The van der Waals surface area contributed by atoms with Gasteiger partial charge in [0.05, 0.1) is 6.10 Å². The molecule has 0 bridgehead atoms. The monoisotopic (exact) mass is 303 g/mol. The van der Waals surface area contributed by atoms with E-state index in [2.05, 4.69) is 12.1 Å². The van der Waals surface area contributed by atoms with Crippen LogP contribution in [0.15, 0.2) is 54.6 Å². The van der Waals surface area contributed by atoms with E-state index in [1.165, 1.54) is 5.56 Å². The zero-order valence-corrected chi connectivity index (χ0v) is 12.8. The number of aliphatic hydroxyl groups is 1. The number of benzene rings is 2. The fraction of sp³-hybridized carbons (Fsp3) is 0.333. The highest BCUT2D eigenvalue weighted by Crippen LogP contribution is 2.24. The average Bonchev–Trinajstić information content (AvgIpc) is 2.49. The fourth-order valence-corrected chi connectivity index (χ4v) is 2.81. The van der Waals surface area contributed by atoms with E-state index >= 15 is 0 Å². The van der Waals surface area contributed by atoms with Crippen LogP contribution in [-0.4, -0.2) is 17.8 Å². The van der Waals surface area contributed by atoms with Gasteiger partial charge in [0, 0.05) is 17.5 Å². The van der Waals surface area contributed by atoms with Gasteiger partial charge in [-0.25, -0.2) is 0 Å². The normalized spacial score (nSPS) is 13.9. The van der Waals surface area contributed by atoms with Crippen LogP contribution < -0.4 is 5.73 Å². The Labute approximate surface area is 131 Å². The predicted octanol–water partition coefficient (Wildman–Crippen LogP) is 3.77. The minimum atomic E-state index is -0.433. The maximum Gasteiger partial charge on any atom is 0.0621 e. The Morgan fingerprint density at radius 3 is 2.48 bits per heavy atom. The van der Waals surface area contributed by atoms with Crippen LogP contribution in [0.1, 0.15) is 29.9 Å². The molecule has 3 heteroatoms. The lowest BCUT2D eigenvalue weighted by atomic mass is 9.90. The first-order chi connectivity index (χ1) is 10.2. The highest BCUT2D eigenvalue weighted by atomic mass is 35.5. The van der Waals surface area contributed by atoms with Crippen LogP contribution in [0.2, 0.25) is 5.02 Å². The van der Waals surface area contributed by atoms with E-state index in [1.54, 1.807) is 0 Å². The zero-order valence-electron chi connectivity index (χ0n) is 12.1. The van der Waals surface area contributed by atoms with E-state index in [1.807, 2.05) is 42.5 Å². The summed E-state index contributed by atoms with van der Waals surface area (Å²) in [5.41, 5.74) is 8.15. The average molecular weight is 304 g/mol. The fourth-order valence-electron chi connectivity index (χ4n) is 2.61. The van der Waals surface area contributed by atoms with Crippen molar-refractivity contribution in [1.29, 1.82) is 0 Å². The number of hydrogen-bond donors (Lipinski definition) is 2. The molecule has 2 nitrogen and oxygen atoms in total. The van der Waals surface area contributed by atoms with Crippen LogP contribution in [0.3, 0.4) is 0 Å². The second-order valence-corrected chi connectivity index (χ2v) is 5.78. The highest BCUT2D eigenvalue weighted by Gasteiger charge is 2.19. The molecule has 3 N–H and O–H groups in total. The number of aryl methyl sites for hydroxylation is 1. The molecule has 0 aliphatic heterocycles. The maximum absolute atomic E-state index is 10.4. The van der Waals surface area contributed by atoms with Gasteiger partial charge in [0.25, 0.3) is 0 Å². The largest absolute Gasteiger partial charge is 0.392 e. The summed E-state index contributed by atoms with van der Waals surface area (Å²) < 4.78 is 0. The van der Waals surface area contributed by atoms with E-state index < -0.39 is 6.10 Å². The van der Waals surface area contributed by atoms with Gasteiger partial charge in [0.1, 0.15) is 0 Å². The summed E-state index contributed by atoms with van der Waals surface area (Å²) in [5.74, 6) is -0.0560. The standard InChI is InChI=1S/C18H22ClNO/c19-16-10-5-9-15(12-16)17(13-20)18(21)11-4-8-14-6-2-1-3-7-14/h1-3,5-7,9-10,12,17-18,21H,4,8,11,13,20H2. The molecule has 0 aliphatic carbocycles. The summed E-state index contributed by atoms with van der Waals surface area (Å²) >= 11 is 6.01. The van der Waals surface area contributed by atoms with Gasteiger partial charge in [-0.1, -0.05) is 54.1 Å². The first-order valence-electron chi connectivity index (χ1n) is 7.38. The Hall–Kier alpha value is -1.35. The minimum Gasteiger partial charge on any atom is -0.392 e. The highest BCUT2D eigenvalue weighted by molar-refractivity contribution is 6.30. The SMILES string of the molecule is NCC(c1cccc(Cl)c1)C(O)CCCc1ccccc1. The molecule has 0 saturated heterocycles. The lowest BCUT2D eigenvalue weighted by Crippen LogP contribution is -2.26. The first-order valence-corrected chi connectivity index (χ1v) is 7.76. The van der Waals surface area contributed by atoms with Crippen molar-refractivity contribution in [3.8, 4) is 0 Å². The Bertz CT molecular complexity index is 544. The summed E-state index contributed by atoms with van der Waals surface area (Å²) in [5, 5.41) is 11.1. The van der Waals surface area contributed by atoms with Gasteiger partial charge in [-0.3, -0.25) is 0 Å². The van der Waals surface area contributed by atoms with E-state index in [9.17, 15) is 5.11 Å². The van der Waals surface area contributed by atoms with Crippen molar-refractivity contribution in [2.45, 2.75) is 31.3 Å². The van der Waals surface area contributed by atoms with Gasteiger partial charge in [-0.05, 0) is 42.5 Å². The molecule has 2 unspecified atom stereocenters. The van der Waals surface area contributed by atoms with Crippen molar-refractivity contribution in [3.05, 3.63) is 70.7 Å². The number of nitrogens with two attached hydrogens (primary N) is 1. The summed E-state index contributed by atoms with van der Waals surface area (Å²) in [6, 6.07) is 17.9. The quantitative estimate of drug-likeness (QED) is 0.818. The van der Waals surface area contributed by atoms with E-state index in [0.717, 1.165) is 24.8 Å². The third-order valence-corrected chi connectivity index (χ3v) is 4.04. The van der Waals surface area contributed by atoms with Gasteiger partial charge >= 0.3 is 0 Å². The van der Waals surface area contributed by atoms with Crippen LogP contribution in [-0.2, 0) is 6.42 Å². The number of aliphatic hydroxyl groups excluding tert-OH is 1. The molecule has 0 radical (unpaired) electrons. The van der Waals surface area contributed by atoms with Crippen LogP contribution in [0, 0.1) is 0 Å². The van der Waals surface area contributed by atoms with Gasteiger partial charge < -0.3 is 10.8 Å². The molecule has 0 aliphatic rings. The lowest BCUT2D eigenvalue weighted by molar-refractivity contribution is 0.133. The van der Waals surface area contributed by atoms with Crippen molar-refractivity contribution in [2.75, 3.05) is 6.54 Å². The van der Waals surface area contributed by atoms with Crippen LogP contribution in [0.25, 0.3) is 0 Å². The van der Waals surface area contributed by atoms with Gasteiger partial charge in [-0.15, -0.1) is 0 Å². The third-order valence-electron chi connectivity index (χ3n) is 3.80. The molecule has 0 saturated carbocycles. The molecular formula is C18H22ClNO. The summed E-state index contributed by atoms with van der Waals surface area (Å²) in [7, 11) is 0. The number of hydrogen-bond acceptors (Lipinski definition) is 2. The first kappa shape index (κ1) is 16.0. The summed E-state index contributed by atoms with van der Waals surface area (Å²) in [6.07, 6.45) is 2.23. The molecular weight excluding hydrogens is 282 g/mol. The molecule has 0 aromatic heterocycles. The van der Waals surface area contributed by atoms with Crippen molar-refractivity contribution in [2.24, 2.45) is 5.73 Å². The third kappa shape index (κ3) is 4.85. The van der Waals surface area contributed by atoms with E-state index in [-0.39, 0.29) is 5.92 Å². The minimum absolute atomic E-state index is 0.0560. The summed E-state index contributed by atoms with van der Waals surface area (Å²) in [4.78, 5) is 0. The second kappa shape index (κ2) is 8.18. The molecule has 112 valence electrons. The predicted molar refractivity (Wildman–Crippen MR) is 88.6 cm³/mol. The molecule has 2 rings (SSSR count). The topological polar surface area (TPSA) is 46.2 Å². The molecule has 2 aromatic rings. The molecule has 0 spiro atoms. The Balaban J connectivity index is 1.90. The lowest BCUT2D eigenvalue weighted by Gasteiger charge is -2.22. The Morgan fingerprint density at radius 2 is 1.81 bits per heavy atom. The maximum atomic E-state index is 10.4. The van der Waals surface area contributed by atoms with Crippen molar-refractivity contribution >= 4 is 11.6 Å². The Morgan fingerprint density at radius 1 is 1.05 bits per heavy atom. The number of rotatable bonds is 7. The van der Waals surface area contributed by atoms with Crippen LogP contribution in [0.5, 0.6) is 0 Å². The molecule has 21 heavy (non-hydrogen) atoms. The molecule has 0 heterocycles. The smallest absolute Gasteiger partial charge is 0.0621 e. The van der Waals surface area contributed by atoms with E-state index in [4.69, 9.17) is 17.3 Å². The molecule has 2 atom stereocenters. The van der Waals surface area contributed by atoms with Crippen LogP contribution >= 0.6 is 11.6 Å². The molecule has 2 aromatic carbocycles. The van der Waals surface area contributed by atoms with Crippen molar-refractivity contribution < 1.29 is 5.11 Å². The Kier molecular flexibility index (Phi) is 6.24. The van der Waals surface area contributed by atoms with Gasteiger partial charge in [-0.2, -0.15) is 0 Å². The van der Waals surface area contributed by atoms with Crippen LogP contribution in [0.4, 0.5) is 0 Å². The zero-order chi connectivity index (χ0) is 15.1.